The van der Waals surface area contributed by atoms with Crippen LogP contribution in [0.3, 0.4) is 0 Å². The quantitative estimate of drug-likeness (QED) is 0.766. The predicted molar refractivity (Wildman–Crippen MR) is 99.7 cm³/mol. The van der Waals surface area contributed by atoms with Crippen LogP contribution in [-0.4, -0.2) is 40.5 Å². The Morgan fingerprint density at radius 1 is 1.14 bits per heavy atom. The van der Waals surface area contributed by atoms with E-state index in [1.807, 2.05) is 0 Å². The van der Waals surface area contributed by atoms with Crippen LogP contribution in [0.25, 0.3) is 11.3 Å². The van der Waals surface area contributed by atoms with E-state index in [2.05, 4.69) is 9.97 Å². The summed E-state index contributed by atoms with van der Waals surface area (Å²) < 4.78 is 45.2. The zero-order valence-electron chi connectivity index (χ0n) is 15.9. The minimum atomic E-state index is -4.44. The van der Waals surface area contributed by atoms with Gasteiger partial charge in [0.25, 0.3) is 0 Å². The molecular weight excluding hydrogens is 383 g/mol. The summed E-state index contributed by atoms with van der Waals surface area (Å²) in [6.45, 7) is 1.21. The van der Waals surface area contributed by atoms with Crippen LogP contribution < -0.4 is 0 Å². The lowest BCUT2D eigenvalue weighted by Gasteiger charge is -2.34. The second-order valence-corrected chi connectivity index (χ2v) is 7.49. The Labute approximate surface area is 166 Å². The monoisotopic (exact) mass is 405 g/mol. The third-order valence-corrected chi connectivity index (χ3v) is 5.58. The van der Waals surface area contributed by atoms with Crippen LogP contribution in [0.15, 0.2) is 36.7 Å². The molecule has 5 nitrogen and oxygen atoms in total. The highest BCUT2D eigenvalue weighted by molar-refractivity contribution is 5.79. The molecule has 4 rings (SSSR count). The van der Waals surface area contributed by atoms with Gasteiger partial charge in [0.1, 0.15) is 6.10 Å². The van der Waals surface area contributed by atoms with E-state index in [-0.39, 0.29) is 11.8 Å². The lowest BCUT2D eigenvalue weighted by Crippen LogP contribution is -2.44. The molecule has 0 bridgehead atoms. The first-order chi connectivity index (χ1) is 13.9. The molecule has 1 atom stereocenters. The van der Waals surface area contributed by atoms with Crippen LogP contribution in [0.1, 0.15) is 43.0 Å². The van der Waals surface area contributed by atoms with Crippen molar-refractivity contribution in [2.75, 3.05) is 19.7 Å². The van der Waals surface area contributed by atoms with Crippen LogP contribution in [-0.2, 0) is 15.7 Å². The molecule has 29 heavy (non-hydrogen) atoms. The fraction of sp³-hybridized carbons (Fsp3) is 0.476. The molecule has 0 spiro atoms. The van der Waals surface area contributed by atoms with E-state index < -0.39 is 17.8 Å². The summed E-state index contributed by atoms with van der Waals surface area (Å²) in [7, 11) is 0. The molecule has 1 aliphatic carbocycles. The maximum absolute atomic E-state index is 13.1. The standard InChI is InChI=1S/C21H22F3N3O2/c22-21(23,24)16-7-3-6-15(12-16)18-19(26-9-8-25-18)17-13-27(10-11-29-17)20(28)14-4-1-2-5-14/h3,6-9,12,14,17H,1-2,4-5,10-11,13H2. The average Bonchev–Trinajstić information content (AvgIpc) is 3.28. The topological polar surface area (TPSA) is 55.3 Å². The van der Waals surface area contributed by atoms with Crippen LogP contribution in [0.4, 0.5) is 13.2 Å². The third kappa shape index (κ3) is 4.27. The number of aromatic nitrogens is 2. The molecule has 1 aromatic carbocycles. The number of amides is 1. The van der Waals surface area contributed by atoms with Gasteiger partial charge in [-0.3, -0.25) is 14.8 Å². The van der Waals surface area contributed by atoms with Gasteiger partial charge in [0.2, 0.25) is 5.91 Å². The number of carbonyl (C=O) groups is 1. The Morgan fingerprint density at radius 2 is 1.90 bits per heavy atom. The van der Waals surface area contributed by atoms with Crippen molar-refractivity contribution < 1.29 is 22.7 Å². The molecular formula is C21H22F3N3O2. The van der Waals surface area contributed by atoms with Gasteiger partial charge in [-0.2, -0.15) is 13.2 Å². The fourth-order valence-electron chi connectivity index (χ4n) is 4.10. The summed E-state index contributed by atoms with van der Waals surface area (Å²) in [5.74, 6) is 0.207. The molecule has 1 unspecified atom stereocenters. The summed E-state index contributed by atoms with van der Waals surface area (Å²) in [4.78, 5) is 23.2. The van der Waals surface area contributed by atoms with Crippen molar-refractivity contribution in [3.63, 3.8) is 0 Å². The Kier molecular flexibility index (Phi) is 5.54. The predicted octanol–water partition coefficient (Wildman–Crippen LogP) is 4.25. The first-order valence-corrected chi connectivity index (χ1v) is 9.82. The first-order valence-electron chi connectivity index (χ1n) is 9.82. The highest BCUT2D eigenvalue weighted by Gasteiger charge is 2.34. The summed E-state index contributed by atoms with van der Waals surface area (Å²) in [5.41, 5.74) is 0.384. The summed E-state index contributed by atoms with van der Waals surface area (Å²) in [6, 6.07) is 5.03. The number of nitrogens with zero attached hydrogens (tertiary/aromatic N) is 3. The SMILES string of the molecule is O=C(C1CCCC1)N1CCOC(c2nccnc2-c2cccc(C(F)(F)F)c2)C1. The smallest absolute Gasteiger partial charge is 0.368 e. The lowest BCUT2D eigenvalue weighted by atomic mass is 10.0. The summed E-state index contributed by atoms with van der Waals surface area (Å²) in [6.07, 6.45) is 1.97. The van der Waals surface area contributed by atoms with Crippen molar-refractivity contribution in [2.24, 2.45) is 5.92 Å². The number of morpholine rings is 1. The van der Waals surface area contributed by atoms with Crippen LogP contribution >= 0.6 is 0 Å². The highest BCUT2D eigenvalue weighted by Crippen LogP contribution is 2.35. The maximum Gasteiger partial charge on any atom is 0.416 e. The Morgan fingerprint density at radius 3 is 2.66 bits per heavy atom. The van der Waals surface area contributed by atoms with E-state index in [0.717, 1.165) is 37.8 Å². The molecule has 1 amide bonds. The number of carbonyl (C=O) groups excluding carboxylic acids is 1. The Bertz CT molecular complexity index is 881. The highest BCUT2D eigenvalue weighted by atomic mass is 19.4. The van der Waals surface area contributed by atoms with Gasteiger partial charge in [-0.1, -0.05) is 25.0 Å². The van der Waals surface area contributed by atoms with Gasteiger partial charge in [-0.05, 0) is 25.0 Å². The van der Waals surface area contributed by atoms with Gasteiger partial charge in [0.15, 0.2) is 0 Å². The largest absolute Gasteiger partial charge is 0.416 e. The molecule has 2 fully saturated rings. The van der Waals surface area contributed by atoms with Crippen molar-refractivity contribution >= 4 is 5.91 Å². The lowest BCUT2D eigenvalue weighted by molar-refractivity contribution is -0.143. The normalized spacial score (nSPS) is 20.8. The summed E-state index contributed by atoms with van der Waals surface area (Å²) >= 11 is 0. The van der Waals surface area contributed by atoms with E-state index >= 15 is 0 Å². The van der Waals surface area contributed by atoms with Crippen LogP contribution in [0.5, 0.6) is 0 Å². The molecule has 2 aromatic rings. The zero-order valence-corrected chi connectivity index (χ0v) is 15.9. The summed E-state index contributed by atoms with van der Waals surface area (Å²) in [5, 5.41) is 0. The van der Waals surface area contributed by atoms with E-state index in [1.165, 1.54) is 18.5 Å². The van der Waals surface area contributed by atoms with Gasteiger partial charge in [0, 0.05) is 30.4 Å². The van der Waals surface area contributed by atoms with Gasteiger partial charge in [0.05, 0.1) is 30.1 Å². The Balaban J connectivity index is 1.60. The van der Waals surface area contributed by atoms with Gasteiger partial charge < -0.3 is 9.64 Å². The zero-order chi connectivity index (χ0) is 20.4. The van der Waals surface area contributed by atoms with Crippen LogP contribution in [0.2, 0.25) is 0 Å². The minimum absolute atomic E-state index is 0.0681. The number of hydrogen-bond donors (Lipinski definition) is 0. The van der Waals surface area contributed by atoms with E-state index in [9.17, 15) is 18.0 Å². The molecule has 2 aliphatic rings. The van der Waals surface area contributed by atoms with Gasteiger partial charge in [-0.25, -0.2) is 0 Å². The molecule has 154 valence electrons. The molecule has 8 heteroatoms. The number of rotatable bonds is 3. The number of halogens is 3. The van der Waals surface area contributed by atoms with Crippen molar-refractivity contribution in [1.82, 2.24) is 14.9 Å². The molecule has 2 heterocycles. The molecule has 1 aliphatic heterocycles. The molecule has 1 saturated heterocycles. The van der Waals surface area contributed by atoms with Crippen molar-refractivity contribution in [3.8, 4) is 11.3 Å². The second kappa shape index (κ2) is 8.10. The van der Waals surface area contributed by atoms with E-state index in [4.69, 9.17) is 4.74 Å². The van der Waals surface area contributed by atoms with Crippen LogP contribution in [0, 0.1) is 5.92 Å². The van der Waals surface area contributed by atoms with Crippen molar-refractivity contribution in [3.05, 3.63) is 47.9 Å². The first kappa shape index (κ1) is 19.8. The number of ether oxygens (including phenoxy) is 1. The molecule has 0 radical (unpaired) electrons. The second-order valence-electron chi connectivity index (χ2n) is 7.49. The molecule has 0 N–H and O–H groups in total. The fourth-order valence-corrected chi connectivity index (χ4v) is 4.10. The van der Waals surface area contributed by atoms with E-state index in [1.54, 1.807) is 11.0 Å². The van der Waals surface area contributed by atoms with Gasteiger partial charge >= 0.3 is 6.18 Å². The number of benzene rings is 1. The number of alkyl halides is 3. The van der Waals surface area contributed by atoms with Crippen molar-refractivity contribution in [2.45, 2.75) is 38.0 Å². The average molecular weight is 405 g/mol. The maximum atomic E-state index is 13.1. The number of hydrogen-bond acceptors (Lipinski definition) is 4. The Hall–Kier alpha value is -2.48. The van der Waals surface area contributed by atoms with E-state index in [0.29, 0.717) is 36.6 Å². The minimum Gasteiger partial charge on any atom is -0.368 e. The van der Waals surface area contributed by atoms with Crippen molar-refractivity contribution in [1.29, 1.82) is 0 Å². The third-order valence-electron chi connectivity index (χ3n) is 5.58. The molecule has 1 saturated carbocycles. The molecule has 1 aromatic heterocycles. The van der Waals surface area contributed by atoms with Gasteiger partial charge in [-0.15, -0.1) is 0 Å².